The van der Waals surface area contributed by atoms with Gasteiger partial charge in [-0.15, -0.1) is 0 Å². The molecule has 138 valence electrons. The fraction of sp³-hybridized carbons (Fsp3) is 0.478. The van der Waals surface area contributed by atoms with Crippen LogP contribution < -0.4 is 4.90 Å². The molecular weight excluding hydrogens is 320 g/mol. The van der Waals surface area contributed by atoms with Gasteiger partial charge >= 0.3 is 0 Å². The maximum absolute atomic E-state index is 5.58. The Kier molecular flexibility index (Phi) is 5.28. The number of fused-ring (bicyclic) bond motifs is 1. The lowest BCUT2D eigenvalue weighted by Crippen LogP contribution is -2.43. The van der Waals surface area contributed by atoms with Gasteiger partial charge in [0.1, 0.15) is 0 Å². The van der Waals surface area contributed by atoms with Crippen LogP contribution >= 0.6 is 0 Å². The van der Waals surface area contributed by atoms with Gasteiger partial charge in [-0.3, -0.25) is 4.90 Å². The molecule has 0 N–H and O–H groups in total. The highest BCUT2D eigenvalue weighted by atomic mass is 16.5. The van der Waals surface area contributed by atoms with Crippen LogP contribution in [0.1, 0.15) is 43.0 Å². The van der Waals surface area contributed by atoms with E-state index in [-0.39, 0.29) is 0 Å². The van der Waals surface area contributed by atoms with Crippen molar-refractivity contribution in [2.24, 2.45) is 0 Å². The highest BCUT2D eigenvalue weighted by Crippen LogP contribution is 2.41. The zero-order chi connectivity index (χ0) is 17.9. The van der Waals surface area contributed by atoms with Gasteiger partial charge in [0.2, 0.25) is 0 Å². The number of morpholine rings is 1. The van der Waals surface area contributed by atoms with Crippen LogP contribution in [0.25, 0.3) is 0 Å². The highest BCUT2D eigenvalue weighted by molar-refractivity contribution is 5.59. The maximum atomic E-state index is 5.58. The quantitative estimate of drug-likeness (QED) is 0.812. The Labute approximate surface area is 157 Å². The Morgan fingerprint density at radius 2 is 1.77 bits per heavy atom. The summed E-state index contributed by atoms with van der Waals surface area (Å²) in [5.74, 6) is 0. The van der Waals surface area contributed by atoms with Gasteiger partial charge in [0.25, 0.3) is 0 Å². The van der Waals surface area contributed by atoms with Crippen molar-refractivity contribution in [1.82, 2.24) is 4.90 Å². The van der Waals surface area contributed by atoms with Crippen molar-refractivity contribution in [2.75, 3.05) is 31.2 Å². The minimum atomic E-state index is 0.480. The third-order valence-electron chi connectivity index (χ3n) is 5.93. The third kappa shape index (κ3) is 3.38. The van der Waals surface area contributed by atoms with E-state index in [1.165, 1.54) is 16.8 Å². The average Bonchev–Trinajstić information content (AvgIpc) is 2.69. The molecule has 0 amide bonds. The van der Waals surface area contributed by atoms with Crippen LogP contribution in [0.5, 0.6) is 0 Å². The standard InChI is InChI=1S/C23H30N2O/c1-3-21-23-20(10-7-11-22(23)24-12-14-26-15-13-24)16-18(2)25(21)17-19-8-5-4-6-9-19/h4-11,18,21H,3,12-17H2,1-2H3. The van der Waals surface area contributed by atoms with Crippen molar-refractivity contribution in [2.45, 2.75) is 45.3 Å². The molecule has 2 aromatic carbocycles. The topological polar surface area (TPSA) is 15.7 Å². The van der Waals surface area contributed by atoms with Crippen molar-refractivity contribution in [3.05, 3.63) is 65.2 Å². The highest BCUT2D eigenvalue weighted by Gasteiger charge is 2.33. The molecule has 4 rings (SSSR count). The Balaban J connectivity index is 1.70. The molecule has 2 atom stereocenters. The third-order valence-corrected chi connectivity index (χ3v) is 5.93. The van der Waals surface area contributed by atoms with Crippen molar-refractivity contribution in [1.29, 1.82) is 0 Å². The van der Waals surface area contributed by atoms with Gasteiger partial charge in [0.15, 0.2) is 0 Å². The molecule has 0 radical (unpaired) electrons. The summed E-state index contributed by atoms with van der Waals surface area (Å²) < 4.78 is 5.58. The molecule has 0 aromatic heterocycles. The van der Waals surface area contributed by atoms with Gasteiger partial charge in [-0.25, -0.2) is 0 Å². The molecule has 2 unspecified atom stereocenters. The number of nitrogens with zero attached hydrogens (tertiary/aromatic N) is 2. The summed E-state index contributed by atoms with van der Waals surface area (Å²) in [4.78, 5) is 5.24. The number of rotatable bonds is 4. The van der Waals surface area contributed by atoms with Crippen LogP contribution in [0.2, 0.25) is 0 Å². The molecule has 0 saturated carbocycles. The Hall–Kier alpha value is -1.84. The van der Waals surface area contributed by atoms with E-state index in [1.54, 1.807) is 5.56 Å². The van der Waals surface area contributed by atoms with E-state index in [9.17, 15) is 0 Å². The van der Waals surface area contributed by atoms with Crippen molar-refractivity contribution in [3.8, 4) is 0 Å². The zero-order valence-corrected chi connectivity index (χ0v) is 16.0. The fourth-order valence-corrected chi connectivity index (χ4v) is 4.65. The summed E-state index contributed by atoms with van der Waals surface area (Å²) >= 11 is 0. The van der Waals surface area contributed by atoms with E-state index in [2.05, 4.69) is 72.2 Å². The maximum Gasteiger partial charge on any atom is 0.0642 e. The predicted molar refractivity (Wildman–Crippen MR) is 108 cm³/mol. The van der Waals surface area contributed by atoms with Crippen molar-refractivity contribution >= 4 is 5.69 Å². The summed E-state index contributed by atoms with van der Waals surface area (Å²) in [6.07, 6.45) is 2.28. The molecule has 2 aromatic rings. The van der Waals surface area contributed by atoms with E-state index in [0.717, 1.165) is 45.7 Å². The average molecular weight is 351 g/mol. The van der Waals surface area contributed by atoms with Gasteiger partial charge < -0.3 is 9.64 Å². The van der Waals surface area contributed by atoms with Crippen LogP contribution in [0.4, 0.5) is 5.69 Å². The first kappa shape index (κ1) is 17.6. The number of hydrogen-bond donors (Lipinski definition) is 0. The summed E-state index contributed by atoms with van der Waals surface area (Å²) in [6, 6.07) is 18.9. The Morgan fingerprint density at radius 1 is 1.00 bits per heavy atom. The largest absolute Gasteiger partial charge is 0.378 e. The normalized spacial score (nSPS) is 23.7. The van der Waals surface area contributed by atoms with E-state index < -0.39 is 0 Å². The zero-order valence-electron chi connectivity index (χ0n) is 16.0. The molecule has 3 nitrogen and oxygen atoms in total. The molecule has 0 spiro atoms. The summed E-state index contributed by atoms with van der Waals surface area (Å²) in [7, 11) is 0. The molecule has 0 bridgehead atoms. The lowest BCUT2D eigenvalue weighted by Gasteiger charge is -2.44. The minimum absolute atomic E-state index is 0.480. The second-order valence-electron chi connectivity index (χ2n) is 7.58. The molecular formula is C23H30N2O. The molecule has 2 aliphatic heterocycles. The number of ether oxygens (including phenoxy) is 1. The first-order chi connectivity index (χ1) is 12.8. The lowest BCUT2D eigenvalue weighted by atomic mass is 9.85. The molecule has 26 heavy (non-hydrogen) atoms. The molecule has 1 fully saturated rings. The summed E-state index contributed by atoms with van der Waals surface area (Å²) in [6.45, 7) is 9.42. The monoisotopic (exact) mass is 350 g/mol. The Bertz CT molecular complexity index is 724. The minimum Gasteiger partial charge on any atom is -0.378 e. The lowest BCUT2D eigenvalue weighted by molar-refractivity contribution is 0.112. The number of benzene rings is 2. The molecule has 2 aliphatic rings. The molecule has 3 heteroatoms. The van der Waals surface area contributed by atoms with E-state index in [0.29, 0.717) is 12.1 Å². The van der Waals surface area contributed by atoms with E-state index >= 15 is 0 Å². The van der Waals surface area contributed by atoms with Gasteiger partial charge in [0.05, 0.1) is 13.2 Å². The SMILES string of the molecule is CCC1c2c(cccc2N2CCOCC2)CC(C)N1Cc1ccccc1. The van der Waals surface area contributed by atoms with Gasteiger partial charge in [-0.2, -0.15) is 0 Å². The van der Waals surface area contributed by atoms with Crippen LogP contribution in [0.15, 0.2) is 48.5 Å². The van der Waals surface area contributed by atoms with Gasteiger partial charge in [-0.05, 0) is 42.5 Å². The van der Waals surface area contributed by atoms with Gasteiger partial charge in [-0.1, -0.05) is 49.4 Å². The van der Waals surface area contributed by atoms with E-state index in [4.69, 9.17) is 4.74 Å². The summed E-state index contributed by atoms with van der Waals surface area (Å²) in [5.41, 5.74) is 5.94. The van der Waals surface area contributed by atoms with Crippen LogP contribution in [-0.4, -0.2) is 37.2 Å². The molecule has 2 heterocycles. The smallest absolute Gasteiger partial charge is 0.0642 e. The molecule has 0 aliphatic carbocycles. The van der Waals surface area contributed by atoms with Crippen molar-refractivity contribution < 1.29 is 4.74 Å². The second-order valence-corrected chi connectivity index (χ2v) is 7.58. The van der Waals surface area contributed by atoms with Crippen molar-refractivity contribution in [3.63, 3.8) is 0 Å². The number of anilines is 1. The molecule has 1 saturated heterocycles. The van der Waals surface area contributed by atoms with Crippen LogP contribution in [0.3, 0.4) is 0 Å². The van der Waals surface area contributed by atoms with E-state index in [1.807, 2.05) is 0 Å². The first-order valence-electron chi connectivity index (χ1n) is 10.0. The summed E-state index contributed by atoms with van der Waals surface area (Å²) in [5, 5.41) is 0. The Morgan fingerprint density at radius 3 is 2.50 bits per heavy atom. The van der Waals surface area contributed by atoms with Crippen LogP contribution in [0, 0.1) is 0 Å². The van der Waals surface area contributed by atoms with Gasteiger partial charge in [0, 0.05) is 37.4 Å². The number of hydrogen-bond acceptors (Lipinski definition) is 3. The van der Waals surface area contributed by atoms with Crippen LogP contribution in [-0.2, 0) is 17.7 Å². The first-order valence-corrected chi connectivity index (χ1v) is 10.0. The second kappa shape index (κ2) is 7.81. The predicted octanol–water partition coefficient (Wildman–Crippen LogP) is 4.42. The fourth-order valence-electron chi connectivity index (χ4n) is 4.65.